The maximum Gasteiger partial charge on any atom is 0.210 e. The highest BCUT2D eigenvalue weighted by Crippen LogP contribution is 2.33. The van der Waals surface area contributed by atoms with Crippen molar-refractivity contribution in [3.05, 3.63) is 59.2 Å². The van der Waals surface area contributed by atoms with Crippen LogP contribution in [0.3, 0.4) is 0 Å². The Labute approximate surface area is 178 Å². The molecule has 4 aromatic rings. The molecule has 1 N–H and O–H groups in total. The van der Waals surface area contributed by atoms with E-state index in [-0.39, 0.29) is 0 Å². The molecule has 5 rings (SSSR count). The molecule has 0 saturated carbocycles. The number of nitrogens with one attached hydrogen (secondary N) is 1. The number of piperazine rings is 1. The number of aryl methyl sites for hydroxylation is 1. The second-order valence-corrected chi connectivity index (χ2v) is 7.82. The SMILES string of the molecule is Cc1cccc(Cl)c1Nc1nc2ccccc2n2c(N3CCN(C=O)CC3)ncc12. The van der Waals surface area contributed by atoms with Gasteiger partial charge in [0.15, 0.2) is 5.82 Å². The van der Waals surface area contributed by atoms with Gasteiger partial charge in [-0.1, -0.05) is 35.9 Å². The van der Waals surface area contributed by atoms with E-state index in [0.29, 0.717) is 23.9 Å². The number of fused-ring (bicyclic) bond motifs is 3. The summed E-state index contributed by atoms with van der Waals surface area (Å²) in [5.41, 5.74) is 4.61. The number of benzene rings is 2. The Morgan fingerprint density at radius 2 is 1.83 bits per heavy atom. The number of nitrogens with zero attached hydrogens (tertiary/aromatic N) is 5. The van der Waals surface area contributed by atoms with Gasteiger partial charge in [0.05, 0.1) is 27.9 Å². The number of carbonyl (C=O) groups is 1. The average Bonchev–Trinajstić information content (AvgIpc) is 3.22. The lowest BCUT2D eigenvalue weighted by Gasteiger charge is -2.33. The molecule has 30 heavy (non-hydrogen) atoms. The summed E-state index contributed by atoms with van der Waals surface area (Å²) in [5, 5.41) is 4.08. The molecule has 0 spiro atoms. The first-order chi connectivity index (χ1) is 14.7. The quantitative estimate of drug-likeness (QED) is 0.508. The maximum atomic E-state index is 11.1. The van der Waals surface area contributed by atoms with Gasteiger partial charge in [0.25, 0.3) is 0 Å². The normalized spacial score (nSPS) is 14.5. The maximum absolute atomic E-state index is 11.1. The number of para-hydroxylation sites is 3. The van der Waals surface area contributed by atoms with Crippen LogP contribution in [0.4, 0.5) is 17.5 Å². The van der Waals surface area contributed by atoms with Crippen molar-refractivity contribution in [3.8, 4) is 0 Å². The molecule has 0 unspecified atom stereocenters. The number of amides is 1. The smallest absolute Gasteiger partial charge is 0.210 e. The molecule has 1 aliphatic heterocycles. The van der Waals surface area contributed by atoms with Crippen molar-refractivity contribution >= 4 is 52.0 Å². The van der Waals surface area contributed by atoms with Crippen LogP contribution < -0.4 is 10.2 Å². The van der Waals surface area contributed by atoms with Crippen molar-refractivity contribution in [3.63, 3.8) is 0 Å². The van der Waals surface area contributed by atoms with Gasteiger partial charge in [-0.3, -0.25) is 9.20 Å². The zero-order chi connectivity index (χ0) is 20.7. The third-order valence-electron chi connectivity index (χ3n) is 5.55. The van der Waals surface area contributed by atoms with Crippen LogP contribution in [0.15, 0.2) is 48.7 Å². The Balaban J connectivity index is 1.66. The number of anilines is 3. The van der Waals surface area contributed by atoms with Gasteiger partial charge in [-0.25, -0.2) is 9.97 Å². The Kier molecular flexibility index (Phi) is 4.67. The molecule has 1 saturated heterocycles. The first kappa shape index (κ1) is 18.7. The zero-order valence-electron chi connectivity index (χ0n) is 16.5. The first-order valence-electron chi connectivity index (χ1n) is 9.88. The monoisotopic (exact) mass is 420 g/mol. The summed E-state index contributed by atoms with van der Waals surface area (Å²) in [6, 6.07) is 13.8. The number of rotatable bonds is 4. The number of hydrogen-bond donors (Lipinski definition) is 1. The van der Waals surface area contributed by atoms with E-state index in [0.717, 1.165) is 53.2 Å². The Morgan fingerprint density at radius 1 is 1.03 bits per heavy atom. The fraction of sp³-hybridized carbons (Fsp3) is 0.227. The van der Waals surface area contributed by atoms with Crippen LogP contribution in [0.1, 0.15) is 5.56 Å². The van der Waals surface area contributed by atoms with Crippen molar-refractivity contribution in [1.82, 2.24) is 19.3 Å². The number of hydrogen-bond acceptors (Lipinski definition) is 5. The minimum Gasteiger partial charge on any atom is -0.342 e. The Morgan fingerprint density at radius 3 is 2.60 bits per heavy atom. The molecule has 0 radical (unpaired) electrons. The summed E-state index contributed by atoms with van der Waals surface area (Å²) >= 11 is 6.45. The van der Waals surface area contributed by atoms with E-state index >= 15 is 0 Å². The zero-order valence-corrected chi connectivity index (χ0v) is 17.3. The van der Waals surface area contributed by atoms with Gasteiger partial charge in [0.2, 0.25) is 12.4 Å². The third kappa shape index (κ3) is 3.11. The van der Waals surface area contributed by atoms with E-state index in [1.54, 1.807) is 4.90 Å². The highest BCUT2D eigenvalue weighted by atomic mass is 35.5. The molecular weight excluding hydrogens is 400 g/mol. The molecule has 0 aliphatic carbocycles. The highest BCUT2D eigenvalue weighted by Gasteiger charge is 2.22. The topological polar surface area (TPSA) is 65.8 Å². The predicted octanol–water partition coefficient (Wildman–Crippen LogP) is 3.87. The van der Waals surface area contributed by atoms with Gasteiger partial charge < -0.3 is 15.1 Å². The lowest BCUT2D eigenvalue weighted by molar-refractivity contribution is -0.118. The summed E-state index contributed by atoms with van der Waals surface area (Å²) < 4.78 is 2.13. The summed E-state index contributed by atoms with van der Waals surface area (Å²) in [7, 11) is 0. The molecule has 1 aliphatic rings. The third-order valence-corrected chi connectivity index (χ3v) is 5.87. The molecule has 2 aromatic carbocycles. The van der Waals surface area contributed by atoms with E-state index in [1.807, 2.05) is 55.6 Å². The van der Waals surface area contributed by atoms with Crippen LogP contribution in [0.2, 0.25) is 5.02 Å². The van der Waals surface area contributed by atoms with Crippen molar-refractivity contribution in [2.45, 2.75) is 6.92 Å². The summed E-state index contributed by atoms with van der Waals surface area (Å²) in [5.74, 6) is 1.56. The van der Waals surface area contributed by atoms with Gasteiger partial charge in [-0.2, -0.15) is 0 Å². The molecule has 3 heterocycles. The van der Waals surface area contributed by atoms with Crippen molar-refractivity contribution in [2.24, 2.45) is 0 Å². The fourth-order valence-corrected chi connectivity index (χ4v) is 4.19. The summed E-state index contributed by atoms with van der Waals surface area (Å²) in [6.07, 6.45) is 2.75. The van der Waals surface area contributed by atoms with E-state index in [1.165, 1.54) is 0 Å². The van der Waals surface area contributed by atoms with Gasteiger partial charge in [0, 0.05) is 26.2 Å². The van der Waals surface area contributed by atoms with Crippen LogP contribution >= 0.6 is 11.6 Å². The average molecular weight is 421 g/mol. The molecule has 8 heteroatoms. The second-order valence-electron chi connectivity index (χ2n) is 7.41. The van der Waals surface area contributed by atoms with Crippen LogP contribution in [0.25, 0.3) is 16.6 Å². The van der Waals surface area contributed by atoms with E-state index in [2.05, 4.69) is 14.6 Å². The lowest BCUT2D eigenvalue weighted by atomic mass is 10.2. The predicted molar refractivity (Wildman–Crippen MR) is 120 cm³/mol. The van der Waals surface area contributed by atoms with Crippen LogP contribution in [-0.4, -0.2) is 51.9 Å². The minimum atomic E-state index is 0.646. The van der Waals surface area contributed by atoms with Crippen molar-refractivity contribution < 1.29 is 4.79 Å². The molecule has 1 fully saturated rings. The summed E-state index contributed by atoms with van der Waals surface area (Å²) in [6.45, 7) is 4.86. The minimum absolute atomic E-state index is 0.646. The number of halogens is 1. The number of carbonyl (C=O) groups excluding carboxylic acids is 1. The molecule has 0 bridgehead atoms. The number of aromatic nitrogens is 3. The second kappa shape index (κ2) is 7.50. The molecule has 1 amide bonds. The Hall–Kier alpha value is -3.32. The van der Waals surface area contributed by atoms with Gasteiger partial charge in [-0.05, 0) is 30.7 Å². The van der Waals surface area contributed by atoms with Gasteiger partial charge >= 0.3 is 0 Å². The highest BCUT2D eigenvalue weighted by molar-refractivity contribution is 6.33. The molecule has 7 nitrogen and oxygen atoms in total. The Bertz CT molecular complexity index is 1230. The van der Waals surface area contributed by atoms with Gasteiger partial charge in [0.1, 0.15) is 5.52 Å². The van der Waals surface area contributed by atoms with E-state index in [9.17, 15) is 4.79 Å². The van der Waals surface area contributed by atoms with Crippen molar-refractivity contribution in [2.75, 3.05) is 36.4 Å². The standard InChI is InChI=1S/C22H21ClN6O/c1-15-5-4-6-16(23)20(15)26-21-19-13-24-22(28-11-9-27(14-30)10-12-28)29(19)18-8-3-2-7-17(18)25-21/h2-8,13-14H,9-12H2,1H3,(H,25,26). The van der Waals surface area contributed by atoms with Crippen molar-refractivity contribution in [1.29, 1.82) is 0 Å². The first-order valence-corrected chi connectivity index (χ1v) is 10.3. The molecular formula is C22H21ClN6O. The number of imidazole rings is 1. The molecule has 152 valence electrons. The molecule has 2 aromatic heterocycles. The van der Waals surface area contributed by atoms with Crippen LogP contribution in [0, 0.1) is 6.92 Å². The van der Waals surface area contributed by atoms with Gasteiger partial charge in [-0.15, -0.1) is 0 Å². The fourth-order valence-electron chi connectivity index (χ4n) is 3.92. The van der Waals surface area contributed by atoms with Crippen LogP contribution in [0.5, 0.6) is 0 Å². The summed E-state index contributed by atoms with van der Waals surface area (Å²) in [4.78, 5) is 24.7. The van der Waals surface area contributed by atoms with Crippen LogP contribution in [-0.2, 0) is 4.79 Å². The molecule has 0 atom stereocenters. The largest absolute Gasteiger partial charge is 0.342 e. The van der Waals surface area contributed by atoms with E-state index in [4.69, 9.17) is 21.6 Å². The lowest BCUT2D eigenvalue weighted by Crippen LogP contribution is -2.46. The van der Waals surface area contributed by atoms with E-state index < -0.39 is 0 Å².